The Morgan fingerprint density at radius 3 is 2.06 bits per heavy atom. The Balaban J connectivity index is 4.68. The van der Waals surface area contributed by atoms with Gasteiger partial charge in [-0.05, 0) is 0 Å². The molecule has 0 aliphatic carbocycles. The van der Waals surface area contributed by atoms with Gasteiger partial charge < -0.3 is 0 Å². The van der Waals surface area contributed by atoms with Crippen LogP contribution in [0.25, 0.3) is 0 Å². The molecule has 0 heterocycles. The Bertz CT molecular complexity index is 285. The molecule has 94 valence electrons. The second kappa shape index (κ2) is 9.03. The van der Waals surface area contributed by atoms with Gasteiger partial charge >= 0.3 is 112 Å². The fourth-order valence-corrected chi connectivity index (χ4v) is 4.66. The molecule has 0 aliphatic rings. The Morgan fingerprint density at radius 2 is 1.62 bits per heavy atom. The number of unbranched alkanes of at least 4 members (excludes halogenated alkanes) is 1. The molecule has 0 saturated carbocycles. The molecule has 0 unspecified atom stereocenters. The SMILES string of the molecule is CCCC[IH]/C(C=C(C)C)=C/C(C)=C(C)C. The average molecular weight is 334 g/mol. The molecule has 0 aromatic heterocycles. The molecular weight excluding hydrogens is 307 g/mol. The fourth-order valence-electron chi connectivity index (χ4n) is 1.10. The standard InChI is InChI=1S/C15H27I/c1-7-8-9-16-15(10-12(2)3)11-14(6)13(4)5/h10-11,16H,7-9H2,1-6H3/b15-11+. The van der Waals surface area contributed by atoms with Crippen LogP contribution in [0.2, 0.25) is 0 Å². The molecule has 0 aliphatic heterocycles. The van der Waals surface area contributed by atoms with Crippen LogP contribution in [0, 0.1) is 0 Å². The quantitative estimate of drug-likeness (QED) is 0.253. The Labute approximate surface area is 112 Å². The van der Waals surface area contributed by atoms with Crippen molar-refractivity contribution < 1.29 is 0 Å². The molecule has 16 heavy (non-hydrogen) atoms. The molecule has 0 aromatic rings. The maximum absolute atomic E-state index is 2.40. The van der Waals surface area contributed by atoms with E-state index in [2.05, 4.69) is 53.7 Å². The van der Waals surface area contributed by atoms with E-state index in [0.29, 0.717) is 0 Å². The van der Waals surface area contributed by atoms with Gasteiger partial charge in [0.25, 0.3) is 0 Å². The van der Waals surface area contributed by atoms with Crippen LogP contribution in [0.4, 0.5) is 0 Å². The third-order valence-electron chi connectivity index (χ3n) is 2.34. The zero-order valence-electron chi connectivity index (χ0n) is 11.7. The minimum absolute atomic E-state index is 0.0282. The minimum atomic E-state index is 0.0282. The molecular formula is C15H27I. The molecule has 0 N–H and O–H groups in total. The van der Waals surface area contributed by atoms with E-state index >= 15 is 0 Å². The van der Waals surface area contributed by atoms with Crippen LogP contribution < -0.4 is 0 Å². The van der Waals surface area contributed by atoms with Gasteiger partial charge in [0, 0.05) is 0 Å². The van der Waals surface area contributed by atoms with Gasteiger partial charge in [-0.25, -0.2) is 0 Å². The van der Waals surface area contributed by atoms with E-state index in [1.165, 1.54) is 34.0 Å². The number of alkyl halides is 1. The van der Waals surface area contributed by atoms with Crippen LogP contribution in [0.15, 0.2) is 32.5 Å². The first-order valence-corrected chi connectivity index (χ1v) is 8.92. The van der Waals surface area contributed by atoms with Gasteiger partial charge in [0.15, 0.2) is 0 Å². The van der Waals surface area contributed by atoms with Crippen molar-refractivity contribution >= 4 is 21.2 Å². The second-order valence-corrected chi connectivity index (χ2v) is 7.99. The normalized spacial score (nSPS) is 11.5. The van der Waals surface area contributed by atoms with Crippen molar-refractivity contribution in [2.75, 3.05) is 4.43 Å². The molecule has 0 amide bonds. The van der Waals surface area contributed by atoms with Crippen LogP contribution in [-0.4, -0.2) is 4.43 Å². The summed E-state index contributed by atoms with van der Waals surface area (Å²) in [4.78, 5) is 0. The molecule has 0 spiro atoms. The van der Waals surface area contributed by atoms with E-state index in [4.69, 9.17) is 0 Å². The van der Waals surface area contributed by atoms with Crippen molar-refractivity contribution in [2.45, 2.75) is 54.4 Å². The molecule has 0 aromatic carbocycles. The first-order chi connectivity index (χ1) is 7.47. The summed E-state index contributed by atoms with van der Waals surface area (Å²) in [5.74, 6) is 0. The van der Waals surface area contributed by atoms with Crippen molar-refractivity contribution in [3.8, 4) is 0 Å². The van der Waals surface area contributed by atoms with Gasteiger partial charge in [-0.2, -0.15) is 0 Å². The van der Waals surface area contributed by atoms with E-state index in [9.17, 15) is 0 Å². The molecule has 0 bridgehead atoms. The molecule has 0 rings (SSSR count). The van der Waals surface area contributed by atoms with Gasteiger partial charge in [-0.3, -0.25) is 0 Å². The van der Waals surface area contributed by atoms with Gasteiger partial charge in [0.1, 0.15) is 0 Å². The van der Waals surface area contributed by atoms with Crippen molar-refractivity contribution in [2.24, 2.45) is 0 Å². The van der Waals surface area contributed by atoms with Crippen LogP contribution in [0.3, 0.4) is 0 Å². The molecule has 0 fully saturated rings. The second-order valence-electron chi connectivity index (χ2n) is 4.65. The monoisotopic (exact) mass is 334 g/mol. The van der Waals surface area contributed by atoms with Crippen LogP contribution in [0.1, 0.15) is 54.4 Å². The zero-order chi connectivity index (χ0) is 12.6. The van der Waals surface area contributed by atoms with Gasteiger partial charge in [0.2, 0.25) is 0 Å². The van der Waals surface area contributed by atoms with E-state index in [-0.39, 0.29) is 21.2 Å². The summed E-state index contributed by atoms with van der Waals surface area (Å²) in [6.07, 6.45) is 7.50. The fraction of sp³-hybridized carbons (Fsp3) is 0.600. The third kappa shape index (κ3) is 8.14. The maximum atomic E-state index is 2.40. The summed E-state index contributed by atoms with van der Waals surface area (Å²) in [6.45, 7) is 13.3. The number of allylic oxidation sites excluding steroid dienone is 6. The predicted octanol–water partition coefficient (Wildman–Crippen LogP) is 5.70. The van der Waals surface area contributed by atoms with Crippen molar-refractivity contribution in [1.29, 1.82) is 0 Å². The number of halogens is 1. The summed E-state index contributed by atoms with van der Waals surface area (Å²) in [7, 11) is 0. The van der Waals surface area contributed by atoms with Crippen molar-refractivity contribution in [1.82, 2.24) is 0 Å². The first kappa shape index (κ1) is 16.0. The van der Waals surface area contributed by atoms with Crippen LogP contribution >= 0.6 is 21.2 Å². The topological polar surface area (TPSA) is 0 Å². The molecule has 1 heteroatoms. The van der Waals surface area contributed by atoms with E-state index < -0.39 is 0 Å². The summed E-state index contributed by atoms with van der Waals surface area (Å²) in [5, 5.41) is 0. The first-order valence-electron chi connectivity index (χ1n) is 6.10. The van der Waals surface area contributed by atoms with Gasteiger partial charge in [-0.15, -0.1) is 0 Å². The van der Waals surface area contributed by atoms with E-state index in [0.717, 1.165) is 0 Å². The molecule has 0 saturated heterocycles. The Hall–Kier alpha value is -0.0500. The van der Waals surface area contributed by atoms with Crippen LogP contribution in [-0.2, 0) is 0 Å². The van der Waals surface area contributed by atoms with Crippen molar-refractivity contribution in [3.63, 3.8) is 0 Å². The summed E-state index contributed by atoms with van der Waals surface area (Å²) in [6, 6.07) is 0. The van der Waals surface area contributed by atoms with E-state index in [1.54, 1.807) is 3.58 Å². The summed E-state index contributed by atoms with van der Waals surface area (Å²) < 4.78 is 3.05. The molecule has 0 atom stereocenters. The van der Waals surface area contributed by atoms with Gasteiger partial charge in [0.05, 0.1) is 0 Å². The third-order valence-corrected chi connectivity index (χ3v) is 5.38. The summed E-state index contributed by atoms with van der Waals surface area (Å²) in [5.41, 5.74) is 4.30. The number of hydrogen-bond acceptors (Lipinski definition) is 0. The molecule has 0 nitrogen and oxygen atoms in total. The zero-order valence-corrected chi connectivity index (χ0v) is 14.0. The van der Waals surface area contributed by atoms with Crippen molar-refractivity contribution in [3.05, 3.63) is 32.5 Å². The Kier molecular flexibility index (Phi) is 9.00. The number of hydrogen-bond donors (Lipinski definition) is 0. The van der Waals surface area contributed by atoms with Crippen LogP contribution in [0.5, 0.6) is 0 Å². The van der Waals surface area contributed by atoms with E-state index in [1.807, 2.05) is 0 Å². The summed E-state index contributed by atoms with van der Waals surface area (Å²) >= 11 is 0.0282. The Morgan fingerprint density at radius 1 is 1.00 bits per heavy atom. The molecule has 0 radical (unpaired) electrons. The van der Waals surface area contributed by atoms with Gasteiger partial charge in [-0.1, -0.05) is 0 Å². The average Bonchev–Trinajstić information content (AvgIpc) is 2.16. The number of rotatable bonds is 6. The predicted molar refractivity (Wildman–Crippen MR) is 86.8 cm³/mol.